The van der Waals surface area contributed by atoms with Crippen LogP contribution in [0.2, 0.25) is 0 Å². The van der Waals surface area contributed by atoms with Crippen LogP contribution in [0.15, 0.2) is 72.8 Å². The van der Waals surface area contributed by atoms with Gasteiger partial charge in [-0.25, -0.2) is 0 Å². The smallest absolute Gasteiger partial charge is 0.200 e. The molecular formula is C38H34N6O6. The fourth-order valence-corrected chi connectivity index (χ4v) is 6.85. The van der Waals surface area contributed by atoms with Gasteiger partial charge in [0.2, 0.25) is 11.6 Å². The van der Waals surface area contributed by atoms with E-state index in [9.17, 15) is 19.8 Å². The van der Waals surface area contributed by atoms with Gasteiger partial charge in [0.15, 0.2) is 0 Å². The minimum absolute atomic E-state index is 0.120. The van der Waals surface area contributed by atoms with Crippen molar-refractivity contribution in [3.63, 3.8) is 0 Å². The second kappa shape index (κ2) is 14.0. The van der Waals surface area contributed by atoms with Gasteiger partial charge in [0.05, 0.1) is 58.7 Å². The van der Waals surface area contributed by atoms with Crippen molar-refractivity contribution in [3.05, 3.63) is 117 Å². The number of nitrogens with one attached hydrogen (secondary N) is 2. The number of ether oxygens (including phenoxy) is 2. The number of nitriles is 2. The fourth-order valence-electron chi connectivity index (χ4n) is 6.85. The Morgan fingerprint density at radius 3 is 1.40 bits per heavy atom. The number of hydrogen-bond donors (Lipinski definition) is 4. The molecule has 0 saturated carbocycles. The number of hydrogen-bond acceptors (Lipinski definition) is 12. The largest absolute Gasteiger partial charge is 0.507 e. The summed E-state index contributed by atoms with van der Waals surface area (Å²) < 4.78 is 12.0. The van der Waals surface area contributed by atoms with E-state index in [4.69, 9.17) is 20.0 Å². The van der Waals surface area contributed by atoms with Crippen LogP contribution in [-0.2, 0) is 9.47 Å². The third kappa shape index (κ3) is 6.13. The van der Waals surface area contributed by atoms with Gasteiger partial charge in [-0.2, -0.15) is 10.5 Å². The molecule has 12 nitrogen and oxygen atoms in total. The molecule has 12 heteroatoms. The third-order valence-corrected chi connectivity index (χ3v) is 9.33. The number of benzene rings is 4. The number of carbonyl (C=O) groups excluding carboxylic acids is 2. The fraction of sp³-hybridized carbons (Fsp3) is 0.263. The van der Waals surface area contributed by atoms with Crippen molar-refractivity contribution in [2.45, 2.75) is 12.5 Å². The number of carbonyl (C=O) groups is 2. The highest BCUT2D eigenvalue weighted by molar-refractivity contribution is 6.33. The van der Waals surface area contributed by atoms with Crippen molar-refractivity contribution < 1.29 is 29.3 Å². The first-order valence-electron chi connectivity index (χ1n) is 16.4. The normalized spacial score (nSPS) is 18.7. The molecule has 2 unspecified atom stereocenters. The highest BCUT2D eigenvalue weighted by Crippen LogP contribution is 2.42. The van der Waals surface area contributed by atoms with Crippen LogP contribution in [0.3, 0.4) is 0 Å². The molecule has 2 aliphatic heterocycles. The molecule has 2 fully saturated rings. The molecule has 4 aromatic rings. The van der Waals surface area contributed by atoms with Crippen molar-refractivity contribution in [2.75, 3.05) is 63.1 Å². The lowest BCUT2D eigenvalue weighted by Crippen LogP contribution is -2.31. The molecule has 4 aromatic carbocycles. The van der Waals surface area contributed by atoms with Crippen molar-refractivity contribution in [3.8, 4) is 23.6 Å². The average Bonchev–Trinajstić information content (AvgIpc) is 3.82. The standard InChI is InChI=1S/C38H34N6O6/c39-21-23-1-5-25(6-2-23)37-43(17-19-49-37)15-13-41-27-9-10-28(32-31(27)35(47)33-29(45)11-12-30(46)34(33)36(32)48)42-14-16-44-18-20-50-38(44)26-7-3-24(22-40)4-8-26/h1-12,37-38,41-42,45-46H,13-20H2. The minimum Gasteiger partial charge on any atom is -0.507 e. The van der Waals surface area contributed by atoms with Gasteiger partial charge in [0, 0.05) is 50.6 Å². The van der Waals surface area contributed by atoms with Gasteiger partial charge in [-0.3, -0.25) is 19.4 Å². The van der Waals surface area contributed by atoms with E-state index in [0.717, 1.165) is 11.1 Å². The summed E-state index contributed by atoms with van der Waals surface area (Å²) in [5.41, 5.74) is 3.66. The Balaban J connectivity index is 1.11. The molecule has 4 N–H and O–H groups in total. The Hall–Kier alpha value is -5.76. The number of fused-ring (bicyclic) bond motifs is 2. The summed E-state index contributed by atoms with van der Waals surface area (Å²) in [6, 6.07) is 24.7. The van der Waals surface area contributed by atoms with Crippen molar-refractivity contribution in [2.24, 2.45) is 0 Å². The van der Waals surface area contributed by atoms with E-state index >= 15 is 0 Å². The molecule has 3 aliphatic rings. The van der Waals surface area contributed by atoms with Gasteiger partial charge in [-0.15, -0.1) is 0 Å². The zero-order valence-corrected chi connectivity index (χ0v) is 27.1. The SMILES string of the molecule is N#Cc1ccc(C2OCCN2CCNc2ccc(NCCN3CCOC3c3ccc(C#N)cc3)c3c2C(=O)c2c(O)ccc(O)c2C3=O)cc1. The first-order valence-corrected chi connectivity index (χ1v) is 16.4. The summed E-state index contributed by atoms with van der Waals surface area (Å²) in [5, 5.41) is 46.3. The first kappa shape index (κ1) is 32.8. The molecule has 0 spiro atoms. The van der Waals surface area contributed by atoms with Crippen molar-refractivity contribution in [1.82, 2.24) is 9.80 Å². The maximum atomic E-state index is 14.0. The minimum atomic E-state index is -0.567. The van der Waals surface area contributed by atoms with E-state index < -0.39 is 11.6 Å². The number of anilines is 2. The van der Waals surface area contributed by atoms with Crippen molar-refractivity contribution in [1.29, 1.82) is 10.5 Å². The predicted molar refractivity (Wildman–Crippen MR) is 183 cm³/mol. The molecule has 2 saturated heterocycles. The monoisotopic (exact) mass is 670 g/mol. The Bertz CT molecular complexity index is 1890. The molecule has 0 amide bonds. The van der Waals surface area contributed by atoms with Crippen LogP contribution >= 0.6 is 0 Å². The number of ketones is 2. The summed E-state index contributed by atoms with van der Waals surface area (Å²) in [7, 11) is 0. The quantitative estimate of drug-likeness (QED) is 0.154. The van der Waals surface area contributed by atoms with Crippen molar-refractivity contribution >= 4 is 22.9 Å². The Kier molecular flexibility index (Phi) is 9.17. The van der Waals surface area contributed by atoms with Gasteiger partial charge < -0.3 is 30.3 Å². The molecule has 1 aliphatic carbocycles. The Labute approximate surface area is 288 Å². The molecule has 252 valence electrons. The lowest BCUT2D eigenvalue weighted by molar-refractivity contribution is 0.0346. The van der Waals surface area contributed by atoms with Crippen LogP contribution in [0.1, 0.15) is 66.6 Å². The van der Waals surface area contributed by atoms with Gasteiger partial charge in [0.25, 0.3) is 0 Å². The van der Waals surface area contributed by atoms with Crippen LogP contribution in [0.25, 0.3) is 0 Å². The number of aromatic hydroxyl groups is 2. The van der Waals surface area contributed by atoms with Gasteiger partial charge >= 0.3 is 0 Å². The maximum Gasteiger partial charge on any atom is 0.200 e. The second-order valence-electron chi connectivity index (χ2n) is 12.3. The summed E-state index contributed by atoms with van der Waals surface area (Å²) in [6.45, 7) is 4.43. The molecule has 0 aromatic heterocycles. The summed E-state index contributed by atoms with van der Waals surface area (Å²) in [5.74, 6) is -1.90. The molecular weight excluding hydrogens is 636 g/mol. The zero-order chi connectivity index (χ0) is 34.8. The average molecular weight is 671 g/mol. The van der Waals surface area contributed by atoms with E-state index in [1.807, 2.05) is 24.3 Å². The molecule has 0 bridgehead atoms. The summed E-state index contributed by atoms with van der Waals surface area (Å²) in [4.78, 5) is 32.4. The number of rotatable bonds is 10. The van der Waals surface area contributed by atoms with E-state index in [2.05, 4.69) is 32.6 Å². The van der Waals surface area contributed by atoms with Crippen LogP contribution < -0.4 is 10.6 Å². The lowest BCUT2D eigenvalue weighted by Gasteiger charge is -2.27. The topological polar surface area (TPSA) is 171 Å². The van der Waals surface area contributed by atoms with Crippen LogP contribution in [0.4, 0.5) is 11.4 Å². The summed E-state index contributed by atoms with van der Waals surface area (Å²) in [6.07, 6.45) is -0.560. The Morgan fingerprint density at radius 2 is 1.02 bits per heavy atom. The van der Waals surface area contributed by atoms with Crippen LogP contribution in [0.5, 0.6) is 11.5 Å². The molecule has 2 atom stereocenters. The van der Waals surface area contributed by atoms with E-state index in [1.54, 1.807) is 36.4 Å². The van der Waals surface area contributed by atoms with Gasteiger partial charge in [-0.05, 0) is 59.7 Å². The zero-order valence-electron chi connectivity index (χ0n) is 27.1. The second-order valence-corrected chi connectivity index (χ2v) is 12.3. The number of phenols is 2. The van der Waals surface area contributed by atoms with Crippen LogP contribution in [0, 0.1) is 22.7 Å². The molecule has 0 radical (unpaired) electrons. The van der Waals surface area contributed by atoms with Gasteiger partial charge in [0.1, 0.15) is 24.0 Å². The van der Waals surface area contributed by atoms with E-state index in [0.29, 0.717) is 75.0 Å². The molecule has 50 heavy (non-hydrogen) atoms. The van der Waals surface area contributed by atoms with Crippen LogP contribution in [-0.4, -0.2) is 84.1 Å². The molecule has 7 rings (SSSR count). The number of phenolic OH excluding ortho intramolecular Hbond substituents is 2. The predicted octanol–water partition coefficient (Wildman–Crippen LogP) is 4.50. The van der Waals surface area contributed by atoms with Gasteiger partial charge in [-0.1, -0.05) is 24.3 Å². The van der Waals surface area contributed by atoms with E-state index in [-0.39, 0.29) is 46.2 Å². The number of nitrogens with zero attached hydrogens (tertiary/aromatic N) is 4. The molecule has 2 heterocycles. The summed E-state index contributed by atoms with van der Waals surface area (Å²) >= 11 is 0. The highest BCUT2D eigenvalue weighted by Gasteiger charge is 2.38. The third-order valence-electron chi connectivity index (χ3n) is 9.33. The first-order chi connectivity index (χ1) is 24.4. The maximum absolute atomic E-state index is 14.0. The highest BCUT2D eigenvalue weighted by atomic mass is 16.5. The van der Waals surface area contributed by atoms with E-state index in [1.165, 1.54) is 12.1 Å². The lowest BCUT2D eigenvalue weighted by atomic mass is 9.81. The Morgan fingerprint density at radius 1 is 0.620 bits per heavy atom.